The van der Waals surface area contributed by atoms with Crippen LogP contribution in [0.4, 0.5) is 0 Å². The number of amides is 4. The minimum Gasteiger partial charge on any atom is -0.744 e. The molecule has 26 heteroatoms. The van der Waals surface area contributed by atoms with Gasteiger partial charge in [0.1, 0.15) is 20.2 Å². The van der Waals surface area contributed by atoms with E-state index in [0.717, 1.165) is 24.3 Å². The Kier molecular flexibility index (Phi) is 34.5. The van der Waals surface area contributed by atoms with Crippen molar-refractivity contribution >= 4 is 43.9 Å². The summed E-state index contributed by atoms with van der Waals surface area (Å²) in [6.07, 6.45) is 12.2. The SMILES string of the molecule is NC(=O)c1ccncc1.NC(=O)c1ccncc1.NC(=O)c1ccncc1.NC(=O)c1ccncc1.O.O.O.O.O=S(=O)([O-])c1ccc(-c2ccc(S(=O)(=O)[O-])cc2)cc1.[Ag+].[Ag+]. The van der Waals surface area contributed by atoms with Gasteiger partial charge in [0.25, 0.3) is 0 Å². The Balaban J connectivity index is -0.000000224. The number of nitrogens with two attached hydrogens (primary N) is 4. The van der Waals surface area contributed by atoms with Crippen LogP contribution < -0.4 is 22.9 Å². The van der Waals surface area contributed by atoms with Crippen LogP contribution in [0.2, 0.25) is 0 Å². The van der Waals surface area contributed by atoms with Crippen molar-refractivity contribution in [3.8, 4) is 11.1 Å². The molecule has 4 aromatic heterocycles. The summed E-state index contributed by atoms with van der Waals surface area (Å²) in [5, 5.41) is 0. The van der Waals surface area contributed by atoms with E-state index in [1.54, 1.807) is 48.5 Å². The summed E-state index contributed by atoms with van der Waals surface area (Å²) in [6.45, 7) is 0. The topological polar surface area (TPSA) is 464 Å². The maximum Gasteiger partial charge on any atom is 1.00 e. The van der Waals surface area contributed by atoms with Crippen LogP contribution in [0, 0.1) is 0 Å². The van der Waals surface area contributed by atoms with Gasteiger partial charge in [-0.3, -0.25) is 39.1 Å². The molecule has 0 saturated carbocycles. The fourth-order valence-electron chi connectivity index (χ4n) is 3.69. The number of rotatable bonds is 7. The molecule has 2 aromatic carbocycles. The van der Waals surface area contributed by atoms with Crippen molar-refractivity contribution in [2.24, 2.45) is 22.9 Å². The van der Waals surface area contributed by atoms with Gasteiger partial charge in [0.05, 0.1) is 9.79 Å². The van der Waals surface area contributed by atoms with Gasteiger partial charge < -0.3 is 53.9 Å². The van der Waals surface area contributed by atoms with Crippen LogP contribution in [-0.2, 0) is 65.0 Å². The zero-order valence-electron chi connectivity index (χ0n) is 31.5. The third kappa shape index (κ3) is 25.0. The van der Waals surface area contributed by atoms with Gasteiger partial charge >= 0.3 is 44.8 Å². The summed E-state index contributed by atoms with van der Waals surface area (Å²) < 4.78 is 64.7. The normalized spacial score (nSPS) is 9.13. The standard InChI is InChI=1S/C12H10O6S2.4C6H6N2O.2Ag.4H2O/c13-19(14,15)11-5-1-9(2-6-11)10-3-7-12(8-4-10)20(16,17)18;4*7-6(9)5-1-3-8-4-2-5;;;;;;/h1-8H,(H,13,14,15)(H,16,17,18);4*1-4H,(H2,7,9);;;4*1H2/q;;;;;2*+1;;;;/p-2. The fraction of sp³-hybridized carbons (Fsp3) is 0. The summed E-state index contributed by atoms with van der Waals surface area (Å²) in [5.74, 6) is -1.68. The molecule has 4 heterocycles. The maximum atomic E-state index is 10.8. The van der Waals surface area contributed by atoms with E-state index in [1.165, 1.54) is 73.8 Å². The summed E-state index contributed by atoms with van der Waals surface area (Å²) in [5.41, 5.74) is 22.9. The third-order valence-corrected chi connectivity index (χ3v) is 8.18. The van der Waals surface area contributed by atoms with E-state index >= 15 is 0 Å². The number of hydrogen-bond donors (Lipinski definition) is 4. The van der Waals surface area contributed by atoms with E-state index in [-0.39, 0.29) is 76.5 Å². The van der Waals surface area contributed by atoms with Crippen LogP contribution in [0.25, 0.3) is 11.1 Å². The van der Waals surface area contributed by atoms with Crippen LogP contribution >= 0.6 is 0 Å². The number of primary amides is 4. The first-order valence-electron chi connectivity index (χ1n) is 15.3. The van der Waals surface area contributed by atoms with Crippen molar-refractivity contribution in [3.63, 3.8) is 0 Å². The molecule has 0 spiro atoms. The third-order valence-electron chi connectivity index (χ3n) is 6.48. The number of nitrogens with zero attached hydrogens (tertiary/aromatic N) is 4. The van der Waals surface area contributed by atoms with Crippen LogP contribution in [0.5, 0.6) is 0 Å². The Labute approximate surface area is 386 Å². The molecule has 22 nitrogen and oxygen atoms in total. The molecule has 342 valence electrons. The number of hydrogen-bond acceptors (Lipinski definition) is 14. The van der Waals surface area contributed by atoms with Gasteiger partial charge in [0, 0.05) is 71.8 Å². The second kappa shape index (κ2) is 32.8. The Bertz CT molecular complexity index is 2140. The van der Waals surface area contributed by atoms with E-state index in [0.29, 0.717) is 33.4 Å². The van der Waals surface area contributed by atoms with E-state index in [2.05, 4.69) is 19.9 Å². The average molecular weight is 1090 g/mol. The van der Waals surface area contributed by atoms with Gasteiger partial charge in [0.2, 0.25) is 23.6 Å². The summed E-state index contributed by atoms with van der Waals surface area (Å²) in [4.78, 5) is 55.8. The summed E-state index contributed by atoms with van der Waals surface area (Å²) in [7, 11) is -9.00. The molecular formula is C36H40Ag2N8O14S2. The fourth-order valence-corrected chi connectivity index (χ4v) is 4.63. The number of aromatic nitrogens is 4. The van der Waals surface area contributed by atoms with Gasteiger partial charge in [-0.15, -0.1) is 0 Å². The molecule has 0 saturated heterocycles. The van der Waals surface area contributed by atoms with Crippen LogP contribution in [0.3, 0.4) is 0 Å². The molecule has 4 amide bonds. The van der Waals surface area contributed by atoms with Gasteiger partial charge in [0.15, 0.2) is 0 Å². The van der Waals surface area contributed by atoms with Crippen molar-refractivity contribution in [3.05, 3.63) is 169 Å². The molecule has 6 rings (SSSR count). The second-order valence-corrected chi connectivity index (χ2v) is 13.1. The molecule has 6 aromatic rings. The molecule has 0 aliphatic rings. The molecule has 0 unspecified atom stereocenters. The Hall–Kier alpha value is -5.94. The van der Waals surface area contributed by atoms with E-state index < -0.39 is 43.9 Å². The number of benzene rings is 2. The first-order chi connectivity index (χ1) is 26.4. The Morgan fingerprint density at radius 3 is 0.629 bits per heavy atom. The van der Waals surface area contributed by atoms with Crippen molar-refractivity contribution < 1.29 is 112 Å². The predicted molar refractivity (Wildman–Crippen MR) is 213 cm³/mol. The number of pyridine rings is 4. The average Bonchev–Trinajstić information content (AvgIpc) is 3.19. The second-order valence-electron chi connectivity index (χ2n) is 10.4. The zero-order valence-corrected chi connectivity index (χ0v) is 36.1. The zero-order chi connectivity index (χ0) is 41.7. The van der Waals surface area contributed by atoms with Gasteiger partial charge in [-0.25, -0.2) is 16.8 Å². The van der Waals surface area contributed by atoms with E-state index in [9.17, 15) is 45.1 Å². The van der Waals surface area contributed by atoms with E-state index in [1.807, 2.05) is 0 Å². The van der Waals surface area contributed by atoms with Gasteiger partial charge in [-0.2, -0.15) is 0 Å². The van der Waals surface area contributed by atoms with Crippen molar-refractivity contribution in [2.75, 3.05) is 0 Å². The summed E-state index contributed by atoms with van der Waals surface area (Å²) in [6, 6.07) is 22.9. The maximum absolute atomic E-state index is 10.8. The van der Waals surface area contributed by atoms with Crippen molar-refractivity contribution in [1.82, 2.24) is 19.9 Å². The van der Waals surface area contributed by atoms with Crippen molar-refractivity contribution in [2.45, 2.75) is 9.79 Å². The van der Waals surface area contributed by atoms with Crippen LogP contribution in [0.1, 0.15) is 41.4 Å². The van der Waals surface area contributed by atoms with Gasteiger partial charge in [-0.1, -0.05) is 24.3 Å². The molecule has 16 N–H and O–H groups in total. The molecular weight excluding hydrogens is 1050 g/mol. The molecule has 0 aliphatic heterocycles. The quantitative estimate of drug-likeness (QED) is 0.105. The smallest absolute Gasteiger partial charge is 0.744 e. The Morgan fingerprint density at radius 2 is 0.516 bits per heavy atom. The Morgan fingerprint density at radius 1 is 0.355 bits per heavy atom. The molecule has 0 bridgehead atoms. The molecule has 0 radical (unpaired) electrons. The minimum atomic E-state index is -4.50. The monoisotopic (exact) mass is 1090 g/mol. The number of carbonyl (C=O) groups excluding carboxylic acids is 4. The van der Waals surface area contributed by atoms with Crippen LogP contribution in [0.15, 0.2) is 156 Å². The first kappa shape index (κ1) is 65.2. The molecule has 0 fully saturated rings. The minimum absolute atomic E-state index is 0. The predicted octanol–water partition coefficient (Wildman–Crippen LogP) is -1.42. The number of carbonyl (C=O) groups is 4. The molecule has 0 aliphatic carbocycles. The largest absolute Gasteiger partial charge is 1.00 e. The molecule has 62 heavy (non-hydrogen) atoms. The summed E-state index contributed by atoms with van der Waals surface area (Å²) >= 11 is 0. The first-order valence-corrected chi connectivity index (χ1v) is 18.1. The van der Waals surface area contributed by atoms with Gasteiger partial charge in [-0.05, 0) is 83.9 Å². The molecule has 0 atom stereocenters. The van der Waals surface area contributed by atoms with E-state index in [4.69, 9.17) is 22.9 Å². The van der Waals surface area contributed by atoms with Crippen LogP contribution in [-0.4, -0.2) is 91.4 Å². The van der Waals surface area contributed by atoms with Crippen molar-refractivity contribution in [1.29, 1.82) is 0 Å².